The lowest BCUT2D eigenvalue weighted by Crippen LogP contribution is -2.17. The van der Waals surface area contributed by atoms with Crippen LogP contribution in [0.5, 0.6) is 0 Å². The Morgan fingerprint density at radius 1 is 1.05 bits per heavy atom. The molecule has 2 N–H and O–H groups in total. The summed E-state index contributed by atoms with van der Waals surface area (Å²) in [6.45, 7) is 0.224. The minimum atomic E-state index is -0.360. The Morgan fingerprint density at radius 2 is 1.71 bits per heavy atom. The third-order valence-corrected chi connectivity index (χ3v) is 3.04. The van der Waals surface area contributed by atoms with Crippen LogP contribution >= 0.6 is 0 Å². The van der Waals surface area contributed by atoms with Gasteiger partial charge in [0.2, 0.25) is 5.91 Å². The summed E-state index contributed by atoms with van der Waals surface area (Å²) < 4.78 is 0. The van der Waals surface area contributed by atoms with E-state index in [-0.39, 0.29) is 18.2 Å². The lowest BCUT2D eigenvalue weighted by molar-refractivity contribution is -0.129. The molecule has 1 aromatic carbocycles. The van der Waals surface area contributed by atoms with Crippen molar-refractivity contribution < 1.29 is 14.8 Å². The van der Waals surface area contributed by atoms with E-state index in [0.717, 1.165) is 31.2 Å². The third-order valence-electron chi connectivity index (χ3n) is 3.04. The lowest BCUT2D eigenvalue weighted by Gasteiger charge is -2.00. The standard InChI is InChI=1S/C16H22N2O3/c19-15(10-6-1-2-7-11-16(20)18-21)13-17-12-14-8-4-3-5-9-14/h3-5,8-9,12,21H,1-2,6-7,10-11,13H2,(H,18,20). The van der Waals surface area contributed by atoms with Crippen LogP contribution < -0.4 is 5.48 Å². The molecule has 1 aromatic rings. The first kappa shape index (κ1) is 17.0. The number of hydrogen-bond acceptors (Lipinski definition) is 4. The predicted octanol–water partition coefficient (Wildman–Crippen LogP) is 2.52. The van der Waals surface area contributed by atoms with Crippen LogP contribution in [0.2, 0.25) is 0 Å². The van der Waals surface area contributed by atoms with Gasteiger partial charge in [-0.2, -0.15) is 0 Å². The SMILES string of the molecule is O=C(CCCCCCC(=O)NO)CN=Cc1ccccc1. The summed E-state index contributed by atoms with van der Waals surface area (Å²) in [6, 6.07) is 9.68. The van der Waals surface area contributed by atoms with Crippen molar-refractivity contribution in [2.45, 2.75) is 38.5 Å². The molecule has 0 aliphatic heterocycles. The molecule has 114 valence electrons. The highest BCUT2D eigenvalue weighted by Gasteiger charge is 2.01. The Hall–Kier alpha value is -2.01. The largest absolute Gasteiger partial charge is 0.298 e. The molecule has 0 fully saturated rings. The number of carbonyl (C=O) groups is 2. The molecule has 1 amide bonds. The Kier molecular flexibility index (Phi) is 8.72. The quantitative estimate of drug-likeness (QED) is 0.301. The predicted molar refractivity (Wildman–Crippen MR) is 81.5 cm³/mol. The summed E-state index contributed by atoms with van der Waals surface area (Å²) in [5.74, 6) is -0.225. The first-order valence-corrected chi connectivity index (χ1v) is 7.22. The molecule has 0 aliphatic rings. The monoisotopic (exact) mass is 290 g/mol. The molecule has 0 aliphatic carbocycles. The van der Waals surface area contributed by atoms with Gasteiger partial charge >= 0.3 is 0 Å². The van der Waals surface area contributed by atoms with E-state index in [1.54, 1.807) is 11.7 Å². The second kappa shape index (κ2) is 10.7. The van der Waals surface area contributed by atoms with E-state index in [9.17, 15) is 9.59 Å². The molecular formula is C16H22N2O3. The maximum absolute atomic E-state index is 11.6. The number of benzene rings is 1. The van der Waals surface area contributed by atoms with Gasteiger partial charge in [-0.25, -0.2) is 5.48 Å². The van der Waals surface area contributed by atoms with Gasteiger partial charge in [-0.15, -0.1) is 0 Å². The number of amides is 1. The summed E-state index contributed by atoms with van der Waals surface area (Å²) in [4.78, 5) is 26.5. The molecular weight excluding hydrogens is 268 g/mol. The Balaban J connectivity index is 2.04. The van der Waals surface area contributed by atoms with Crippen molar-refractivity contribution in [3.8, 4) is 0 Å². The van der Waals surface area contributed by atoms with Crippen LogP contribution in [-0.2, 0) is 9.59 Å². The molecule has 21 heavy (non-hydrogen) atoms. The van der Waals surface area contributed by atoms with E-state index in [4.69, 9.17) is 5.21 Å². The van der Waals surface area contributed by atoms with Gasteiger partial charge in [-0.3, -0.25) is 19.8 Å². The van der Waals surface area contributed by atoms with E-state index < -0.39 is 0 Å². The minimum Gasteiger partial charge on any atom is -0.298 e. The van der Waals surface area contributed by atoms with Crippen LogP contribution in [0.1, 0.15) is 44.1 Å². The van der Waals surface area contributed by atoms with E-state index >= 15 is 0 Å². The van der Waals surface area contributed by atoms with Gasteiger partial charge in [-0.1, -0.05) is 43.2 Å². The van der Waals surface area contributed by atoms with Gasteiger partial charge in [0.1, 0.15) is 0 Å². The number of ketones is 1. The molecule has 0 unspecified atom stereocenters. The molecule has 5 nitrogen and oxygen atoms in total. The van der Waals surface area contributed by atoms with Crippen molar-refractivity contribution >= 4 is 17.9 Å². The Morgan fingerprint density at radius 3 is 2.38 bits per heavy atom. The molecule has 0 saturated heterocycles. The fourth-order valence-corrected chi connectivity index (χ4v) is 1.89. The van der Waals surface area contributed by atoms with Gasteiger partial charge in [0.15, 0.2) is 5.78 Å². The smallest absolute Gasteiger partial charge is 0.243 e. The van der Waals surface area contributed by atoms with Gasteiger partial charge in [0.25, 0.3) is 0 Å². The summed E-state index contributed by atoms with van der Waals surface area (Å²) in [7, 11) is 0. The number of rotatable bonds is 10. The van der Waals surface area contributed by atoms with Crippen LogP contribution in [0, 0.1) is 0 Å². The van der Waals surface area contributed by atoms with E-state index in [1.165, 1.54) is 0 Å². The highest BCUT2D eigenvalue weighted by atomic mass is 16.5. The number of aliphatic imine (C=N–C) groups is 1. The van der Waals surface area contributed by atoms with Crippen molar-refractivity contribution in [3.05, 3.63) is 35.9 Å². The Bertz CT molecular complexity index is 458. The zero-order valence-corrected chi connectivity index (χ0v) is 12.1. The van der Waals surface area contributed by atoms with Gasteiger partial charge in [-0.05, 0) is 18.4 Å². The van der Waals surface area contributed by atoms with Crippen LogP contribution in [0.25, 0.3) is 0 Å². The molecule has 0 atom stereocenters. The first-order valence-electron chi connectivity index (χ1n) is 7.22. The number of hydrogen-bond donors (Lipinski definition) is 2. The van der Waals surface area contributed by atoms with Crippen molar-refractivity contribution in [1.29, 1.82) is 0 Å². The van der Waals surface area contributed by atoms with Crippen LogP contribution in [0.4, 0.5) is 0 Å². The first-order chi connectivity index (χ1) is 10.2. The number of Topliss-reactive ketones (excluding diaryl/α,β-unsaturated/α-hetero) is 1. The zero-order valence-electron chi connectivity index (χ0n) is 12.1. The normalized spacial score (nSPS) is 10.7. The zero-order chi connectivity index (χ0) is 15.3. The highest BCUT2D eigenvalue weighted by molar-refractivity contribution is 5.85. The van der Waals surface area contributed by atoms with Gasteiger partial charge < -0.3 is 0 Å². The fraction of sp³-hybridized carbons (Fsp3) is 0.438. The number of nitrogens with one attached hydrogen (secondary N) is 1. The number of unbranched alkanes of at least 4 members (excludes halogenated alkanes) is 3. The summed E-state index contributed by atoms with van der Waals surface area (Å²) >= 11 is 0. The van der Waals surface area contributed by atoms with Crippen molar-refractivity contribution in [2.24, 2.45) is 4.99 Å². The topological polar surface area (TPSA) is 78.8 Å². The molecule has 0 saturated carbocycles. The fourth-order valence-electron chi connectivity index (χ4n) is 1.89. The maximum Gasteiger partial charge on any atom is 0.243 e. The minimum absolute atomic E-state index is 0.135. The maximum atomic E-state index is 11.6. The number of nitrogens with zero attached hydrogens (tertiary/aromatic N) is 1. The Labute approximate surface area is 125 Å². The summed E-state index contributed by atoms with van der Waals surface area (Å²) in [6.07, 6.45) is 5.91. The third kappa shape index (κ3) is 8.70. The molecule has 0 heterocycles. The van der Waals surface area contributed by atoms with Gasteiger partial charge in [0, 0.05) is 19.1 Å². The van der Waals surface area contributed by atoms with E-state index in [2.05, 4.69) is 4.99 Å². The van der Waals surface area contributed by atoms with E-state index in [0.29, 0.717) is 12.8 Å². The molecule has 0 spiro atoms. The van der Waals surface area contributed by atoms with Crippen LogP contribution in [0.3, 0.4) is 0 Å². The summed E-state index contributed by atoms with van der Waals surface area (Å²) in [5.41, 5.74) is 2.59. The molecule has 0 radical (unpaired) electrons. The van der Waals surface area contributed by atoms with Gasteiger partial charge in [0.05, 0.1) is 6.54 Å². The van der Waals surface area contributed by atoms with Crippen molar-refractivity contribution in [3.63, 3.8) is 0 Å². The average molecular weight is 290 g/mol. The van der Waals surface area contributed by atoms with Crippen LogP contribution in [0.15, 0.2) is 35.3 Å². The number of hydroxylamine groups is 1. The summed E-state index contributed by atoms with van der Waals surface area (Å²) in [5, 5.41) is 8.32. The van der Waals surface area contributed by atoms with Crippen LogP contribution in [-0.4, -0.2) is 29.7 Å². The van der Waals surface area contributed by atoms with Crippen molar-refractivity contribution in [1.82, 2.24) is 5.48 Å². The second-order valence-electron chi connectivity index (χ2n) is 4.87. The molecule has 0 aromatic heterocycles. The average Bonchev–Trinajstić information content (AvgIpc) is 2.51. The lowest BCUT2D eigenvalue weighted by atomic mass is 10.1. The second-order valence-corrected chi connectivity index (χ2v) is 4.87. The molecule has 5 heteroatoms. The molecule has 1 rings (SSSR count). The van der Waals surface area contributed by atoms with Crippen molar-refractivity contribution in [2.75, 3.05) is 6.54 Å². The van der Waals surface area contributed by atoms with E-state index in [1.807, 2.05) is 30.3 Å². The number of carbonyl (C=O) groups excluding carboxylic acids is 2. The molecule has 0 bridgehead atoms. The highest BCUT2D eigenvalue weighted by Crippen LogP contribution is 2.06.